The normalized spacial score (nSPS) is 10.5. The van der Waals surface area contributed by atoms with E-state index >= 15 is 0 Å². The summed E-state index contributed by atoms with van der Waals surface area (Å²) in [5.74, 6) is -0.339. The number of amides is 1. The summed E-state index contributed by atoms with van der Waals surface area (Å²) in [5.41, 5.74) is 2.47. The maximum atomic E-state index is 12.2. The van der Waals surface area contributed by atoms with Gasteiger partial charge in [-0.3, -0.25) is 4.79 Å². The first-order valence-electron chi connectivity index (χ1n) is 6.56. The van der Waals surface area contributed by atoms with E-state index in [1.54, 1.807) is 6.07 Å². The number of carbonyl (C=O) groups excluding carboxylic acids is 1. The Hall–Kier alpha value is -2.54. The van der Waals surface area contributed by atoms with Crippen molar-refractivity contribution in [3.8, 4) is 5.69 Å². The Balaban J connectivity index is 1.80. The maximum Gasteiger partial charge on any atom is 0.277 e. The van der Waals surface area contributed by atoms with E-state index in [2.05, 4.69) is 36.4 Å². The van der Waals surface area contributed by atoms with Gasteiger partial charge in [0.05, 0.1) is 17.6 Å². The number of halogens is 1. The fraction of sp³-hybridized carbons (Fsp3) is 0.0667. The van der Waals surface area contributed by atoms with E-state index in [-0.39, 0.29) is 11.6 Å². The van der Waals surface area contributed by atoms with Crippen LogP contribution in [0.2, 0.25) is 0 Å². The number of benzene rings is 1. The standard InChI is InChI=1S/C15H12BrN5O/c1-10-7-8-12(14(16)18-10)19-15(22)13-9-17-21(20-13)11-5-3-2-4-6-11/h2-9H,1H3,(H,19,22). The molecule has 6 nitrogen and oxygen atoms in total. The van der Waals surface area contributed by atoms with E-state index in [0.29, 0.717) is 10.3 Å². The van der Waals surface area contributed by atoms with E-state index < -0.39 is 0 Å². The Bertz CT molecular complexity index is 816. The summed E-state index contributed by atoms with van der Waals surface area (Å²) >= 11 is 3.32. The van der Waals surface area contributed by atoms with Crippen molar-refractivity contribution in [2.75, 3.05) is 5.32 Å². The zero-order valence-electron chi connectivity index (χ0n) is 11.7. The number of nitrogens with zero attached hydrogens (tertiary/aromatic N) is 4. The van der Waals surface area contributed by atoms with Crippen LogP contribution in [0.1, 0.15) is 16.2 Å². The molecule has 3 rings (SSSR count). The van der Waals surface area contributed by atoms with Crippen molar-refractivity contribution in [3.63, 3.8) is 0 Å². The molecule has 2 aromatic heterocycles. The lowest BCUT2D eigenvalue weighted by molar-refractivity contribution is 0.102. The van der Waals surface area contributed by atoms with Gasteiger partial charge in [-0.05, 0) is 47.1 Å². The zero-order valence-corrected chi connectivity index (χ0v) is 13.3. The van der Waals surface area contributed by atoms with E-state index in [0.717, 1.165) is 11.4 Å². The number of pyridine rings is 1. The molecule has 1 aromatic carbocycles. The van der Waals surface area contributed by atoms with Gasteiger partial charge in [-0.15, -0.1) is 5.10 Å². The average molecular weight is 358 g/mol. The number of nitrogens with one attached hydrogen (secondary N) is 1. The lowest BCUT2D eigenvalue weighted by Gasteiger charge is -2.05. The van der Waals surface area contributed by atoms with Crippen LogP contribution in [0, 0.1) is 6.92 Å². The Morgan fingerprint density at radius 1 is 1.18 bits per heavy atom. The topological polar surface area (TPSA) is 72.7 Å². The molecule has 0 fully saturated rings. The molecule has 2 heterocycles. The number of hydrogen-bond donors (Lipinski definition) is 1. The van der Waals surface area contributed by atoms with Crippen LogP contribution in [0.15, 0.2) is 53.3 Å². The van der Waals surface area contributed by atoms with Crippen LogP contribution in [-0.4, -0.2) is 25.9 Å². The van der Waals surface area contributed by atoms with Crippen LogP contribution in [0.25, 0.3) is 5.69 Å². The van der Waals surface area contributed by atoms with Crippen molar-refractivity contribution >= 4 is 27.5 Å². The highest BCUT2D eigenvalue weighted by molar-refractivity contribution is 9.10. The van der Waals surface area contributed by atoms with E-state index in [1.807, 2.05) is 43.3 Å². The zero-order chi connectivity index (χ0) is 15.5. The number of carbonyl (C=O) groups is 1. The second-order valence-electron chi connectivity index (χ2n) is 4.60. The third kappa shape index (κ3) is 3.04. The first kappa shape index (κ1) is 14.4. The summed E-state index contributed by atoms with van der Waals surface area (Å²) in [6.07, 6.45) is 1.43. The van der Waals surface area contributed by atoms with Gasteiger partial charge >= 0.3 is 0 Å². The number of aromatic nitrogens is 4. The summed E-state index contributed by atoms with van der Waals surface area (Å²) in [6, 6.07) is 13.0. The SMILES string of the molecule is Cc1ccc(NC(=O)c2cnn(-c3ccccc3)n2)c(Br)n1. The van der Waals surface area contributed by atoms with E-state index in [9.17, 15) is 4.79 Å². The molecule has 0 saturated carbocycles. The van der Waals surface area contributed by atoms with Crippen molar-refractivity contribution in [1.82, 2.24) is 20.0 Å². The van der Waals surface area contributed by atoms with Crippen LogP contribution in [0.5, 0.6) is 0 Å². The number of aryl methyl sites for hydroxylation is 1. The second-order valence-corrected chi connectivity index (χ2v) is 5.35. The molecule has 0 aliphatic rings. The van der Waals surface area contributed by atoms with Crippen molar-refractivity contribution in [2.24, 2.45) is 0 Å². The maximum absolute atomic E-state index is 12.2. The molecule has 0 radical (unpaired) electrons. The van der Waals surface area contributed by atoms with Gasteiger partial charge < -0.3 is 5.32 Å². The molecular weight excluding hydrogens is 346 g/mol. The minimum absolute atomic E-state index is 0.233. The van der Waals surface area contributed by atoms with E-state index in [1.165, 1.54) is 11.0 Å². The van der Waals surface area contributed by atoms with Gasteiger partial charge in [0.1, 0.15) is 4.60 Å². The van der Waals surface area contributed by atoms with Gasteiger partial charge in [0, 0.05) is 5.69 Å². The molecule has 0 aliphatic heterocycles. The van der Waals surface area contributed by atoms with Crippen molar-refractivity contribution < 1.29 is 4.79 Å². The second kappa shape index (κ2) is 6.07. The summed E-state index contributed by atoms with van der Waals surface area (Å²) in [5, 5.41) is 11.0. The Morgan fingerprint density at radius 2 is 1.95 bits per heavy atom. The van der Waals surface area contributed by atoms with Gasteiger partial charge in [-0.1, -0.05) is 18.2 Å². The fourth-order valence-electron chi connectivity index (χ4n) is 1.86. The number of rotatable bonds is 3. The molecule has 0 aliphatic carbocycles. The highest BCUT2D eigenvalue weighted by atomic mass is 79.9. The number of anilines is 1. The first-order chi connectivity index (χ1) is 10.6. The van der Waals surface area contributed by atoms with Crippen LogP contribution >= 0.6 is 15.9 Å². The Morgan fingerprint density at radius 3 is 2.68 bits per heavy atom. The van der Waals surface area contributed by atoms with Crippen LogP contribution in [0.3, 0.4) is 0 Å². The molecule has 0 atom stereocenters. The first-order valence-corrected chi connectivity index (χ1v) is 7.35. The highest BCUT2D eigenvalue weighted by Crippen LogP contribution is 2.20. The monoisotopic (exact) mass is 357 g/mol. The van der Waals surface area contributed by atoms with Crippen LogP contribution in [-0.2, 0) is 0 Å². The van der Waals surface area contributed by atoms with Gasteiger partial charge in [-0.2, -0.15) is 9.90 Å². The van der Waals surface area contributed by atoms with Crippen LogP contribution < -0.4 is 5.32 Å². The molecule has 1 amide bonds. The summed E-state index contributed by atoms with van der Waals surface area (Å²) in [6.45, 7) is 1.88. The molecule has 1 N–H and O–H groups in total. The molecule has 0 spiro atoms. The average Bonchev–Trinajstić information content (AvgIpc) is 3.01. The Labute approximate surface area is 135 Å². The number of para-hydroxylation sites is 1. The predicted octanol–water partition coefficient (Wildman–Crippen LogP) is 2.99. The molecule has 0 saturated heterocycles. The lowest BCUT2D eigenvalue weighted by atomic mass is 10.3. The molecule has 110 valence electrons. The number of hydrogen-bond acceptors (Lipinski definition) is 4. The van der Waals surface area contributed by atoms with Crippen molar-refractivity contribution in [2.45, 2.75) is 6.92 Å². The van der Waals surface area contributed by atoms with Crippen LogP contribution in [0.4, 0.5) is 5.69 Å². The third-order valence-electron chi connectivity index (χ3n) is 2.95. The van der Waals surface area contributed by atoms with Gasteiger partial charge in [0.25, 0.3) is 5.91 Å². The summed E-state index contributed by atoms with van der Waals surface area (Å²) < 4.78 is 0.580. The third-order valence-corrected chi connectivity index (χ3v) is 3.55. The lowest BCUT2D eigenvalue weighted by Crippen LogP contribution is -2.14. The predicted molar refractivity (Wildman–Crippen MR) is 86.0 cm³/mol. The highest BCUT2D eigenvalue weighted by Gasteiger charge is 2.13. The van der Waals surface area contributed by atoms with E-state index in [4.69, 9.17) is 0 Å². The summed E-state index contributed by atoms with van der Waals surface area (Å²) in [7, 11) is 0. The summed E-state index contributed by atoms with van der Waals surface area (Å²) in [4.78, 5) is 17.9. The van der Waals surface area contributed by atoms with Gasteiger partial charge in [-0.25, -0.2) is 4.98 Å². The minimum Gasteiger partial charge on any atom is -0.318 e. The molecule has 7 heteroatoms. The molecule has 0 unspecified atom stereocenters. The smallest absolute Gasteiger partial charge is 0.277 e. The van der Waals surface area contributed by atoms with Crippen molar-refractivity contribution in [3.05, 3.63) is 64.7 Å². The molecular formula is C15H12BrN5O. The molecule has 3 aromatic rings. The Kier molecular flexibility index (Phi) is 3.97. The van der Waals surface area contributed by atoms with Gasteiger partial charge in [0.2, 0.25) is 0 Å². The van der Waals surface area contributed by atoms with Crippen molar-refractivity contribution in [1.29, 1.82) is 0 Å². The largest absolute Gasteiger partial charge is 0.318 e. The minimum atomic E-state index is -0.339. The molecule has 22 heavy (non-hydrogen) atoms. The van der Waals surface area contributed by atoms with Gasteiger partial charge in [0.15, 0.2) is 5.69 Å². The quantitative estimate of drug-likeness (QED) is 0.731. The molecule has 0 bridgehead atoms. The fourth-order valence-corrected chi connectivity index (χ4v) is 2.37.